The number of H-pyrrole nitrogens is 1. The summed E-state index contributed by atoms with van der Waals surface area (Å²) in [6.07, 6.45) is 7.04. The molecule has 2 aromatic carbocycles. The fraction of sp³-hybridized carbons (Fsp3) is 0.391. The fourth-order valence-corrected chi connectivity index (χ4v) is 7.76. The normalized spacial score (nSPS) is 16.9. The van der Waals surface area contributed by atoms with E-state index >= 15 is 0 Å². The molecule has 8 rings (SSSR count). The Labute approximate surface area is 350 Å². The maximum atomic E-state index is 12.7. The Morgan fingerprint density at radius 2 is 1.18 bits per heavy atom. The average molecular weight is 883 g/mol. The summed E-state index contributed by atoms with van der Waals surface area (Å²) in [4.78, 5) is 43.8. The van der Waals surface area contributed by atoms with E-state index in [9.17, 15) is 9.59 Å². The van der Waals surface area contributed by atoms with Crippen LogP contribution in [0.5, 0.6) is 0 Å². The quantitative estimate of drug-likeness (QED) is 0.140. The minimum absolute atomic E-state index is 0.0101. The molecule has 6 heterocycles. The number of hydrogen-bond acceptors (Lipinski definition) is 6. The van der Waals surface area contributed by atoms with Crippen LogP contribution in [0, 0.1) is 0 Å². The molecule has 4 aromatic heterocycles. The van der Waals surface area contributed by atoms with Crippen molar-refractivity contribution in [1.29, 1.82) is 0 Å². The number of benzene rings is 2. The smallest absolute Gasteiger partial charge is 0.410 e. The topological polar surface area (TPSA) is 106 Å². The van der Waals surface area contributed by atoms with E-state index in [1.165, 1.54) is 0 Å². The highest BCUT2D eigenvalue weighted by molar-refractivity contribution is 14.1. The zero-order chi connectivity index (χ0) is 40.9. The summed E-state index contributed by atoms with van der Waals surface area (Å²) < 4.78 is 13.4. The predicted octanol–water partition coefficient (Wildman–Crippen LogP) is 11.7. The number of aromatic nitrogens is 4. The largest absolute Gasteiger partial charge is 0.444 e. The van der Waals surface area contributed by atoms with Crippen LogP contribution in [0.25, 0.3) is 44.3 Å². The number of likely N-dealkylation sites (tertiary alicyclic amines) is 2. The molecule has 0 unspecified atom stereocenters. The third kappa shape index (κ3) is 9.63. The highest BCUT2D eigenvalue weighted by atomic mass is 127. The first kappa shape index (κ1) is 41.7. The molecule has 0 spiro atoms. The molecule has 2 aliphatic rings. The molecule has 2 aliphatic heterocycles. The van der Waals surface area contributed by atoms with E-state index in [2.05, 4.69) is 85.6 Å². The first-order valence-corrected chi connectivity index (χ1v) is 21.8. The number of halogens is 1. The van der Waals surface area contributed by atoms with Gasteiger partial charge in [0, 0.05) is 65.8 Å². The summed E-state index contributed by atoms with van der Waals surface area (Å²) in [5.41, 5.74) is 7.36. The standard InChI is InChI=1S/C23H27N3O2.C22H25N3O2.CH3I/c1-23(2,3)28-22(27)26-14-8-11-18(26)19-15-17-12-13-24-20(21(17)25(19)4)16-9-6-5-7-10-16;1-22(2,3)27-21(26)25-13-7-10-18(25)17-14-16-11-12-23-19(20(16)24-17)15-8-5-4-6-9-15;1-2/h5-7,9-10,12-13,15,18H,8,11,14H2,1-4H3;4-6,8-9,11-12,14,18,24H,7,10,13H2,1-3H3;1H3/t2*18-;/m00./s1. The van der Waals surface area contributed by atoms with E-state index in [0.717, 1.165) is 94.5 Å². The molecule has 1 N–H and O–H groups in total. The number of carbonyl (C=O) groups is 2. The van der Waals surface area contributed by atoms with E-state index < -0.39 is 11.2 Å². The average Bonchev–Trinajstić information content (AvgIpc) is 4.01. The van der Waals surface area contributed by atoms with Crippen LogP contribution in [0.1, 0.15) is 90.7 Å². The van der Waals surface area contributed by atoms with Gasteiger partial charge in [-0.05, 0) is 96.4 Å². The highest BCUT2D eigenvalue weighted by Gasteiger charge is 2.36. The molecular weight excluding hydrogens is 827 g/mol. The second-order valence-corrected chi connectivity index (χ2v) is 16.5. The van der Waals surface area contributed by atoms with E-state index in [4.69, 9.17) is 9.47 Å². The van der Waals surface area contributed by atoms with E-state index in [0.29, 0.717) is 0 Å². The van der Waals surface area contributed by atoms with Gasteiger partial charge in [0.15, 0.2) is 0 Å². The number of nitrogens with one attached hydrogen (secondary N) is 1. The van der Waals surface area contributed by atoms with Crippen LogP contribution < -0.4 is 0 Å². The van der Waals surface area contributed by atoms with E-state index in [-0.39, 0.29) is 24.3 Å². The van der Waals surface area contributed by atoms with Crippen LogP contribution >= 0.6 is 22.6 Å². The first-order chi connectivity index (χ1) is 27.3. The first-order valence-electron chi connectivity index (χ1n) is 19.7. The van der Waals surface area contributed by atoms with E-state index in [1.54, 1.807) is 0 Å². The van der Waals surface area contributed by atoms with Gasteiger partial charge >= 0.3 is 12.2 Å². The van der Waals surface area contributed by atoms with Crippen LogP contribution in [0.15, 0.2) is 97.3 Å². The molecule has 6 aromatic rings. The molecule has 300 valence electrons. The summed E-state index contributed by atoms with van der Waals surface area (Å²) in [5, 5.41) is 2.25. The van der Waals surface area contributed by atoms with Gasteiger partial charge in [0.05, 0.1) is 34.5 Å². The third-order valence-electron chi connectivity index (χ3n) is 10.1. The molecule has 0 bridgehead atoms. The van der Waals surface area contributed by atoms with Crippen molar-refractivity contribution in [2.24, 2.45) is 7.05 Å². The third-order valence-corrected chi connectivity index (χ3v) is 10.1. The predicted molar refractivity (Wildman–Crippen MR) is 237 cm³/mol. The molecule has 2 amide bonds. The number of alkyl halides is 1. The lowest BCUT2D eigenvalue weighted by molar-refractivity contribution is 0.0210. The lowest BCUT2D eigenvalue weighted by Crippen LogP contribution is -2.36. The number of nitrogens with zero attached hydrogens (tertiary/aromatic N) is 5. The molecule has 2 saturated heterocycles. The number of hydrogen-bond donors (Lipinski definition) is 1. The summed E-state index contributed by atoms with van der Waals surface area (Å²) in [5.74, 6) is 0. The second kappa shape index (κ2) is 17.7. The lowest BCUT2D eigenvalue weighted by Gasteiger charge is -2.29. The van der Waals surface area contributed by atoms with Crippen molar-refractivity contribution in [1.82, 2.24) is 29.3 Å². The van der Waals surface area contributed by atoms with Crippen molar-refractivity contribution in [2.75, 3.05) is 18.0 Å². The molecule has 0 radical (unpaired) electrons. The van der Waals surface area contributed by atoms with Gasteiger partial charge in [0.2, 0.25) is 0 Å². The van der Waals surface area contributed by atoms with Gasteiger partial charge in [-0.2, -0.15) is 0 Å². The number of amides is 2. The zero-order valence-electron chi connectivity index (χ0n) is 34.4. The fourth-order valence-electron chi connectivity index (χ4n) is 7.76. The Morgan fingerprint density at radius 3 is 1.74 bits per heavy atom. The SMILES string of the molecule is CC(C)(C)OC(=O)N1CCC[C@H]1c1cc2ccnc(-c3ccccc3)c2[nH]1.CI.Cn1c([C@@H]2CCCN2C(=O)OC(C)(C)C)cc2ccnc(-c3ccccc3)c21. The lowest BCUT2D eigenvalue weighted by atomic mass is 10.1. The van der Waals surface area contributed by atoms with E-state index in [1.807, 2.05) is 117 Å². The molecule has 57 heavy (non-hydrogen) atoms. The Balaban J connectivity index is 0.000000185. The van der Waals surface area contributed by atoms with Crippen LogP contribution in [0.2, 0.25) is 0 Å². The van der Waals surface area contributed by atoms with Crippen LogP contribution in [0.3, 0.4) is 0 Å². The van der Waals surface area contributed by atoms with Crippen molar-refractivity contribution in [2.45, 2.75) is 90.5 Å². The summed E-state index contributed by atoms with van der Waals surface area (Å²) in [7, 11) is 2.07. The summed E-state index contributed by atoms with van der Waals surface area (Å²) in [6, 6.07) is 28.8. The van der Waals surface area contributed by atoms with Gasteiger partial charge in [0.25, 0.3) is 0 Å². The minimum atomic E-state index is -0.493. The maximum absolute atomic E-state index is 12.7. The minimum Gasteiger partial charge on any atom is -0.444 e. The Morgan fingerprint density at radius 1 is 0.684 bits per heavy atom. The summed E-state index contributed by atoms with van der Waals surface area (Å²) in [6.45, 7) is 12.9. The van der Waals surface area contributed by atoms with Crippen molar-refractivity contribution in [3.05, 3.63) is 109 Å². The Kier molecular flexibility index (Phi) is 13.0. The van der Waals surface area contributed by atoms with Crippen LogP contribution in [-0.2, 0) is 16.5 Å². The molecule has 2 atom stereocenters. The number of fused-ring (bicyclic) bond motifs is 2. The van der Waals surface area contributed by atoms with Gasteiger partial charge in [-0.3, -0.25) is 19.8 Å². The van der Waals surface area contributed by atoms with Gasteiger partial charge in [0.1, 0.15) is 11.2 Å². The highest BCUT2D eigenvalue weighted by Crippen LogP contribution is 2.39. The van der Waals surface area contributed by atoms with Gasteiger partial charge in [-0.15, -0.1) is 0 Å². The Bertz CT molecular complexity index is 2290. The molecule has 10 nitrogen and oxygen atoms in total. The number of rotatable bonds is 4. The maximum Gasteiger partial charge on any atom is 0.410 e. The van der Waals surface area contributed by atoms with Crippen LogP contribution in [0.4, 0.5) is 9.59 Å². The number of pyridine rings is 2. The van der Waals surface area contributed by atoms with Crippen molar-refractivity contribution in [3.8, 4) is 22.5 Å². The van der Waals surface area contributed by atoms with Gasteiger partial charge in [-0.25, -0.2) is 9.59 Å². The molecule has 2 fully saturated rings. The zero-order valence-corrected chi connectivity index (χ0v) is 36.5. The Hall–Kier alpha value is -4.91. The van der Waals surface area contributed by atoms with Gasteiger partial charge < -0.3 is 19.0 Å². The summed E-state index contributed by atoms with van der Waals surface area (Å²) >= 11 is 2.15. The number of carbonyl (C=O) groups excluding carboxylic acids is 2. The second-order valence-electron chi connectivity index (χ2n) is 16.5. The van der Waals surface area contributed by atoms with Crippen molar-refractivity contribution in [3.63, 3.8) is 0 Å². The van der Waals surface area contributed by atoms with Crippen LogP contribution in [-0.4, -0.2) is 70.7 Å². The van der Waals surface area contributed by atoms with Crippen molar-refractivity contribution < 1.29 is 19.1 Å². The molecular formula is C46H55IN6O4. The van der Waals surface area contributed by atoms with Gasteiger partial charge in [-0.1, -0.05) is 83.3 Å². The van der Waals surface area contributed by atoms with Crippen molar-refractivity contribution >= 4 is 56.6 Å². The molecule has 11 heteroatoms. The number of aryl methyl sites for hydroxylation is 1. The molecule has 0 saturated carbocycles. The number of aromatic amines is 1. The monoisotopic (exact) mass is 882 g/mol. The molecule has 0 aliphatic carbocycles. The number of ether oxygens (including phenoxy) is 2.